The number of nitrogens with zero attached hydrogens (tertiary/aromatic N) is 2. The van der Waals surface area contributed by atoms with Gasteiger partial charge in [-0.2, -0.15) is 0 Å². The van der Waals surface area contributed by atoms with Gasteiger partial charge in [0, 0.05) is 6.04 Å². The first kappa shape index (κ1) is 16.0. The number of amides is 1. The van der Waals surface area contributed by atoms with Crippen LogP contribution in [0.1, 0.15) is 40.5 Å². The Labute approximate surface area is 125 Å². The van der Waals surface area contributed by atoms with Gasteiger partial charge >= 0.3 is 5.91 Å². The quantitative estimate of drug-likeness (QED) is 0.561. The second kappa shape index (κ2) is 5.10. The summed E-state index contributed by atoms with van der Waals surface area (Å²) in [7, 11) is 1.94. The molecule has 2 rings (SSSR count). The summed E-state index contributed by atoms with van der Waals surface area (Å²) in [5, 5.41) is 24.0. The third-order valence-electron chi connectivity index (χ3n) is 4.57. The van der Waals surface area contributed by atoms with Crippen molar-refractivity contribution in [2.24, 2.45) is 5.41 Å². The van der Waals surface area contributed by atoms with Crippen LogP contribution in [-0.2, 0) is 4.79 Å². The van der Waals surface area contributed by atoms with Crippen molar-refractivity contribution in [3.8, 4) is 0 Å². The maximum absolute atomic E-state index is 12.4. The van der Waals surface area contributed by atoms with Gasteiger partial charge in [0.15, 0.2) is 0 Å². The van der Waals surface area contributed by atoms with E-state index in [0.717, 1.165) is 12.8 Å². The molecule has 1 saturated carbocycles. The molecule has 0 aromatic carbocycles. The molecule has 0 atom stereocenters. The van der Waals surface area contributed by atoms with Crippen LogP contribution in [-0.4, -0.2) is 51.6 Å². The van der Waals surface area contributed by atoms with Crippen molar-refractivity contribution >= 4 is 11.6 Å². The van der Waals surface area contributed by atoms with Crippen LogP contribution in [0.5, 0.6) is 0 Å². The van der Waals surface area contributed by atoms with Crippen molar-refractivity contribution in [2.75, 3.05) is 13.7 Å². The van der Waals surface area contributed by atoms with Gasteiger partial charge in [-0.3, -0.25) is 4.90 Å². The smallest absolute Gasteiger partial charge is 0.327 e. The van der Waals surface area contributed by atoms with Crippen molar-refractivity contribution in [1.82, 2.24) is 10.2 Å². The highest BCUT2D eigenvalue weighted by molar-refractivity contribution is 6.00. The molecule has 0 radical (unpaired) electrons. The van der Waals surface area contributed by atoms with Crippen molar-refractivity contribution in [2.45, 2.75) is 52.1 Å². The summed E-state index contributed by atoms with van der Waals surface area (Å²) in [4.78, 5) is 14.4. The first-order valence-electron chi connectivity index (χ1n) is 7.33. The van der Waals surface area contributed by atoms with Crippen LogP contribution in [0.2, 0.25) is 0 Å². The molecule has 1 aliphatic carbocycles. The number of hydrogen-bond acceptors (Lipinski definition) is 4. The number of allylic oxidation sites excluding steroid dienone is 1. The van der Waals surface area contributed by atoms with Gasteiger partial charge in [0.2, 0.25) is 0 Å². The Bertz CT molecular complexity index is 516. The molecule has 118 valence electrons. The number of nitrogens with one attached hydrogen (secondary N) is 1. The molecule has 6 nitrogen and oxygen atoms in total. The predicted molar refractivity (Wildman–Crippen MR) is 80.6 cm³/mol. The van der Waals surface area contributed by atoms with Crippen LogP contribution < -0.4 is 5.32 Å². The minimum atomic E-state index is -0.662. The number of hydroxylamine groups is 1. The molecule has 1 aliphatic heterocycles. The van der Waals surface area contributed by atoms with Gasteiger partial charge in [0.1, 0.15) is 11.3 Å². The lowest BCUT2D eigenvalue weighted by atomic mass is 9.86. The van der Waals surface area contributed by atoms with Crippen LogP contribution >= 0.6 is 0 Å². The topological polar surface area (TPSA) is 78.6 Å². The molecule has 2 aliphatic rings. The third-order valence-corrected chi connectivity index (χ3v) is 4.57. The van der Waals surface area contributed by atoms with E-state index in [9.17, 15) is 15.1 Å². The van der Waals surface area contributed by atoms with Crippen LogP contribution in [0.4, 0.5) is 0 Å². The number of likely N-dealkylation sites (N-methyl/N-ethyl adjacent to an activating group) is 1. The zero-order chi connectivity index (χ0) is 16.0. The van der Waals surface area contributed by atoms with Crippen molar-refractivity contribution in [3.05, 3.63) is 17.1 Å². The van der Waals surface area contributed by atoms with E-state index in [4.69, 9.17) is 0 Å². The average molecular weight is 295 g/mol. The minimum Gasteiger partial charge on any atom is -0.710 e. The first-order chi connectivity index (χ1) is 9.61. The summed E-state index contributed by atoms with van der Waals surface area (Å²) in [6, 6.07) is 0.458. The second-order valence-electron chi connectivity index (χ2n) is 7.11. The monoisotopic (exact) mass is 295 g/mol. The van der Waals surface area contributed by atoms with E-state index in [-0.39, 0.29) is 18.3 Å². The Morgan fingerprint density at radius 2 is 2.05 bits per heavy atom. The summed E-state index contributed by atoms with van der Waals surface area (Å²) < 4.78 is 0.696. The Hall–Kier alpha value is -1.40. The molecular formula is C15H25N3O3. The lowest BCUT2D eigenvalue weighted by Gasteiger charge is -2.35. The normalized spacial score (nSPS) is 19.5. The predicted octanol–water partition coefficient (Wildman–Crippen LogP) is 0.800. The Morgan fingerprint density at radius 3 is 2.48 bits per heavy atom. The van der Waals surface area contributed by atoms with E-state index in [2.05, 4.69) is 10.2 Å². The van der Waals surface area contributed by atoms with Gasteiger partial charge in [0.05, 0.1) is 18.1 Å². The molecule has 0 bridgehead atoms. The molecular weight excluding hydrogens is 270 g/mol. The molecule has 0 saturated heterocycles. The fourth-order valence-electron chi connectivity index (χ4n) is 2.30. The Kier molecular flexibility index (Phi) is 3.88. The van der Waals surface area contributed by atoms with Gasteiger partial charge in [-0.1, -0.05) is 13.8 Å². The fraction of sp³-hybridized carbons (Fsp3) is 0.733. The molecule has 6 heteroatoms. The highest BCUT2D eigenvalue weighted by atomic mass is 16.5. The van der Waals surface area contributed by atoms with Crippen LogP contribution in [0.25, 0.3) is 0 Å². The largest absolute Gasteiger partial charge is 0.710 e. The van der Waals surface area contributed by atoms with E-state index >= 15 is 0 Å². The summed E-state index contributed by atoms with van der Waals surface area (Å²) >= 11 is 0. The summed E-state index contributed by atoms with van der Waals surface area (Å²) in [6.45, 7) is 7.17. The molecule has 1 heterocycles. The average Bonchev–Trinajstić information content (AvgIpc) is 3.25. The highest BCUT2D eigenvalue weighted by Gasteiger charge is 2.44. The van der Waals surface area contributed by atoms with Crippen LogP contribution in [0.3, 0.4) is 0 Å². The molecule has 2 N–H and O–H groups in total. The summed E-state index contributed by atoms with van der Waals surface area (Å²) in [6.07, 6.45) is 3.87. The summed E-state index contributed by atoms with van der Waals surface area (Å²) in [5.74, 6) is 0.0543. The Morgan fingerprint density at radius 1 is 1.48 bits per heavy atom. The van der Waals surface area contributed by atoms with Crippen molar-refractivity contribution in [1.29, 1.82) is 0 Å². The molecule has 21 heavy (non-hydrogen) atoms. The minimum absolute atomic E-state index is 0.116. The number of aliphatic hydroxyl groups excluding tert-OH is 1. The van der Waals surface area contributed by atoms with Gasteiger partial charge < -0.3 is 10.3 Å². The molecule has 1 amide bonds. The van der Waals surface area contributed by atoms with Crippen LogP contribution in [0.15, 0.2) is 11.9 Å². The summed E-state index contributed by atoms with van der Waals surface area (Å²) in [5.41, 5.74) is -0.782. The number of carbonyl (C=O) groups is 1. The maximum atomic E-state index is 12.4. The molecule has 0 spiro atoms. The number of hydrogen-bond donors (Lipinski definition) is 2. The van der Waals surface area contributed by atoms with Gasteiger partial charge in [0.25, 0.3) is 5.82 Å². The standard InChI is InChI=1S/C15H25N3O3/c1-14(2,9-19)11-8-12(18(11)21)16-13(20)15(3,4)17(5)10-6-7-10/h8,10,19H,6-7,9H2,1-5H3,(H,16,20). The zero-order valence-corrected chi connectivity index (χ0v) is 13.4. The van der Waals surface area contributed by atoms with E-state index in [1.165, 1.54) is 0 Å². The number of rotatable bonds is 6. The van der Waals surface area contributed by atoms with Crippen molar-refractivity contribution in [3.63, 3.8) is 0 Å². The van der Waals surface area contributed by atoms with E-state index < -0.39 is 11.0 Å². The first-order valence-corrected chi connectivity index (χ1v) is 7.33. The number of carbonyl (C=O) groups excluding carboxylic acids is 1. The lowest BCUT2D eigenvalue weighted by molar-refractivity contribution is -0.424. The van der Waals surface area contributed by atoms with Gasteiger partial charge in [-0.25, -0.2) is 14.9 Å². The zero-order valence-electron chi connectivity index (χ0n) is 13.4. The van der Waals surface area contributed by atoms with Gasteiger partial charge in [-0.05, 0) is 33.7 Å². The van der Waals surface area contributed by atoms with E-state index in [1.54, 1.807) is 19.9 Å². The van der Waals surface area contributed by atoms with E-state index in [0.29, 0.717) is 16.5 Å². The number of aliphatic hydroxyl groups is 1. The third kappa shape index (κ3) is 2.82. The molecule has 0 unspecified atom stereocenters. The highest BCUT2D eigenvalue weighted by Crippen LogP contribution is 2.31. The van der Waals surface area contributed by atoms with Crippen molar-refractivity contribution < 1.29 is 14.6 Å². The second-order valence-corrected chi connectivity index (χ2v) is 7.11. The molecule has 1 fully saturated rings. The Balaban J connectivity index is 2.01. The maximum Gasteiger partial charge on any atom is 0.327 e. The van der Waals surface area contributed by atoms with E-state index in [1.807, 2.05) is 20.9 Å². The van der Waals surface area contributed by atoms with Gasteiger partial charge in [-0.15, -0.1) is 0 Å². The molecule has 0 aromatic rings. The SMILES string of the molecule is CN(C1CC1)C(C)(C)C(=O)NC1=CC(C(C)(C)CO)=[N+]1[O-]. The fourth-order valence-corrected chi connectivity index (χ4v) is 2.30. The van der Waals surface area contributed by atoms with Crippen LogP contribution in [0, 0.1) is 10.6 Å². The lowest BCUT2D eigenvalue weighted by Crippen LogP contribution is -2.56. The molecule has 0 aromatic heterocycles.